The lowest BCUT2D eigenvalue weighted by Crippen LogP contribution is -2.41. The fraction of sp³-hybridized carbons (Fsp3) is 0.588. The van der Waals surface area contributed by atoms with Crippen LogP contribution in [0.4, 0.5) is 0 Å². The quantitative estimate of drug-likeness (QED) is 0.571. The van der Waals surface area contributed by atoms with Gasteiger partial charge in [0.2, 0.25) is 0 Å². The fourth-order valence-corrected chi connectivity index (χ4v) is 1.88. The highest BCUT2D eigenvalue weighted by Gasteiger charge is 2.04. The standard InChI is InChI=1S/C17H29N3O/c1-5-14(4)20-17(18-6-2)19-12-15-10-8-9-11-16(15)13-21-7-3/h8-11,14H,5-7,12-13H2,1-4H3,(H2,18,19,20). The van der Waals surface area contributed by atoms with E-state index in [1.807, 2.05) is 13.0 Å². The van der Waals surface area contributed by atoms with Crippen molar-refractivity contribution < 1.29 is 4.74 Å². The third-order valence-electron chi connectivity index (χ3n) is 3.33. The number of guanidine groups is 1. The second kappa shape index (κ2) is 10.2. The number of hydrogen-bond donors (Lipinski definition) is 2. The zero-order chi connectivity index (χ0) is 15.5. The van der Waals surface area contributed by atoms with E-state index in [2.05, 4.69) is 54.6 Å². The van der Waals surface area contributed by atoms with Crippen molar-refractivity contribution >= 4 is 5.96 Å². The van der Waals surface area contributed by atoms with Gasteiger partial charge in [-0.2, -0.15) is 0 Å². The Morgan fingerprint density at radius 2 is 1.90 bits per heavy atom. The van der Waals surface area contributed by atoms with Crippen molar-refractivity contribution in [1.82, 2.24) is 10.6 Å². The second-order valence-corrected chi connectivity index (χ2v) is 5.05. The largest absolute Gasteiger partial charge is 0.377 e. The molecular weight excluding hydrogens is 262 g/mol. The number of ether oxygens (including phenoxy) is 1. The average molecular weight is 291 g/mol. The summed E-state index contributed by atoms with van der Waals surface area (Å²) < 4.78 is 5.52. The molecule has 4 nitrogen and oxygen atoms in total. The summed E-state index contributed by atoms with van der Waals surface area (Å²) in [6.07, 6.45) is 1.07. The predicted molar refractivity (Wildman–Crippen MR) is 89.5 cm³/mol. The first-order valence-electron chi connectivity index (χ1n) is 7.90. The molecule has 0 saturated carbocycles. The number of rotatable bonds is 8. The first kappa shape index (κ1) is 17.5. The van der Waals surface area contributed by atoms with Crippen LogP contribution in [0.3, 0.4) is 0 Å². The number of hydrogen-bond acceptors (Lipinski definition) is 2. The van der Waals surface area contributed by atoms with E-state index in [4.69, 9.17) is 4.74 Å². The van der Waals surface area contributed by atoms with Crippen LogP contribution in [0.1, 0.15) is 45.2 Å². The summed E-state index contributed by atoms with van der Waals surface area (Å²) in [5.41, 5.74) is 2.43. The molecule has 1 atom stereocenters. The monoisotopic (exact) mass is 291 g/mol. The van der Waals surface area contributed by atoms with Crippen molar-refractivity contribution in [2.24, 2.45) is 4.99 Å². The molecule has 0 fully saturated rings. The molecule has 0 aliphatic heterocycles. The van der Waals surface area contributed by atoms with Gasteiger partial charge in [-0.05, 0) is 38.3 Å². The minimum atomic E-state index is 0.418. The van der Waals surface area contributed by atoms with Crippen molar-refractivity contribution in [3.8, 4) is 0 Å². The summed E-state index contributed by atoms with van der Waals surface area (Å²) >= 11 is 0. The molecule has 1 aromatic rings. The Labute approximate surface area is 129 Å². The first-order chi connectivity index (χ1) is 10.2. The lowest BCUT2D eigenvalue weighted by Gasteiger charge is -2.16. The number of benzene rings is 1. The lowest BCUT2D eigenvalue weighted by atomic mass is 10.1. The van der Waals surface area contributed by atoms with Crippen LogP contribution < -0.4 is 10.6 Å². The summed E-state index contributed by atoms with van der Waals surface area (Å²) in [7, 11) is 0. The van der Waals surface area contributed by atoms with Crippen LogP contribution in [0.5, 0.6) is 0 Å². The molecule has 2 N–H and O–H groups in total. The number of aliphatic imine (C=N–C) groups is 1. The van der Waals surface area contributed by atoms with E-state index in [-0.39, 0.29) is 0 Å². The molecule has 1 rings (SSSR count). The molecule has 0 aromatic heterocycles. The van der Waals surface area contributed by atoms with Gasteiger partial charge < -0.3 is 15.4 Å². The summed E-state index contributed by atoms with van der Waals surface area (Å²) in [6, 6.07) is 8.74. The van der Waals surface area contributed by atoms with Gasteiger partial charge in [-0.1, -0.05) is 31.2 Å². The maximum Gasteiger partial charge on any atom is 0.191 e. The maximum atomic E-state index is 5.52. The fourth-order valence-electron chi connectivity index (χ4n) is 1.88. The van der Waals surface area contributed by atoms with Crippen LogP contribution in [-0.4, -0.2) is 25.2 Å². The van der Waals surface area contributed by atoms with Gasteiger partial charge in [0.15, 0.2) is 5.96 Å². The van der Waals surface area contributed by atoms with Gasteiger partial charge >= 0.3 is 0 Å². The van der Waals surface area contributed by atoms with Crippen molar-refractivity contribution in [3.63, 3.8) is 0 Å². The van der Waals surface area contributed by atoms with E-state index in [1.165, 1.54) is 11.1 Å². The third kappa shape index (κ3) is 6.63. The van der Waals surface area contributed by atoms with Gasteiger partial charge in [0.1, 0.15) is 0 Å². The maximum absolute atomic E-state index is 5.52. The Morgan fingerprint density at radius 3 is 2.52 bits per heavy atom. The zero-order valence-electron chi connectivity index (χ0n) is 13.8. The van der Waals surface area contributed by atoms with Crippen LogP contribution in [0.2, 0.25) is 0 Å². The SMILES string of the molecule is CCNC(=NCc1ccccc1COCC)NC(C)CC. The molecule has 1 unspecified atom stereocenters. The van der Waals surface area contributed by atoms with Crippen LogP contribution in [0, 0.1) is 0 Å². The highest BCUT2D eigenvalue weighted by molar-refractivity contribution is 5.80. The van der Waals surface area contributed by atoms with Gasteiger partial charge in [0.05, 0.1) is 13.2 Å². The number of nitrogens with zero attached hydrogens (tertiary/aromatic N) is 1. The van der Waals surface area contributed by atoms with Crippen molar-refractivity contribution in [2.75, 3.05) is 13.2 Å². The molecule has 118 valence electrons. The predicted octanol–water partition coefficient (Wildman–Crippen LogP) is 3.08. The zero-order valence-corrected chi connectivity index (χ0v) is 13.8. The average Bonchev–Trinajstić information content (AvgIpc) is 2.51. The molecule has 0 aliphatic rings. The Hall–Kier alpha value is -1.55. The van der Waals surface area contributed by atoms with Crippen LogP contribution >= 0.6 is 0 Å². The summed E-state index contributed by atoms with van der Waals surface area (Å²) in [6.45, 7) is 11.3. The molecule has 0 amide bonds. The highest BCUT2D eigenvalue weighted by atomic mass is 16.5. The Kier molecular flexibility index (Phi) is 8.51. The topological polar surface area (TPSA) is 45.7 Å². The molecule has 0 radical (unpaired) electrons. The smallest absolute Gasteiger partial charge is 0.191 e. The molecule has 0 spiro atoms. The molecular formula is C17H29N3O. The van der Waals surface area contributed by atoms with Gasteiger partial charge in [-0.3, -0.25) is 0 Å². The van der Waals surface area contributed by atoms with E-state index in [1.54, 1.807) is 0 Å². The van der Waals surface area contributed by atoms with Gasteiger partial charge in [0, 0.05) is 19.2 Å². The minimum Gasteiger partial charge on any atom is -0.377 e. The van der Waals surface area contributed by atoms with Crippen molar-refractivity contribution in [1.29, 1.82) is 0 Å². The van der Waals surface area contributed by atoms with Crippen molar-refractivity contribution in [3.05, 3.63) is 35.4 Å². The molecule has 0 aliphatic carbocycles. The minimum absolute atomic E-state index is 0.418. The summed E-state index contributed by atoms with van der Waals surface area (Å²) in [5, 5.41) is 6.70. The van der Waals surface area contributed by atoms with E-state index in [9.17, 15) is 0 Å². The number of nitrogens with one attached hydrogen (secondary N) is 2. The summed E-state index contributed by atoms with van der Waals surface area (Å²) in [5.74, 6) is 0.873. The van der Waals surface area contributed by atoms with E-state index in [0.29, 0.717) is 19.2 Å². The van der Waals surface area contributed by atoms with E-state index >= 15 is 0 Å². The molecule has 0 heterocycles. The third-order valence-corrected chi connectivity index (χ3v) is 3.33. The Balaban J connectivity index is 2.74. The summed E-state index contributed by atoms with van der Waals surface area (Å²) in [4.78, 5) is 4.68. The Morgan fingerprint density at radius 1 is 1.19 bits per heavy atom. The lowest BCUT2D eigenvalue weighted by molar-refractivity contribution is 0.133. The molecule has 0 saturated heterocycles. The van der Waals surface area contributed by atoms with Crippen LogP contribution in [-0.2, 0) is 17.9 Å². The molecule has 21 heavy (non-hydrogen) atoms. The highest BCUT2D eigenvalue weighted by Crippen LogP contribution is 2.11. The first-order valence-corrected chi connectivity index (χ1v) is 7.90. The van der Waals surface area contributed by atoms with Crippen LogP contribution in [0.15, 0.2) is 29.3 Å². The van der Waals surface area contributed by atoms with Gasteiger partial charge in [-0.15, -0.1) is 0 Å². The molecule has 4 heteroatoms. The molecule has 0 bridgehead atoms. The van der Waals surface area contributed by atoms with E-state index in [0.717, 1.165) is 25.5 Å². The van der Waals surface area contributed by atoms with E-state index < -0.39 is 0 Å². The van der Waals surface area contributed by atoms with Crippen molar-refractivity contribution in [2.45, 2.75) is 53.3 Å². The van der Waals surface area contributed by atoms with Gasteiger partial charge in [0.25, 0.3) is 0 Å². The second-order valence-electron chi connectivity index (χ2n) is 5.05. The normalized spacial score (nSPS) is 13.0. The van der Waals surface area contributed by atoms with Crippen LogP contribution in [0.25, 0.3) is 0 Å². The Bertz CT molecular complexity index is 432. The molecule has 1 aromatic carbocycles. The van der Waals surface area contributed by atoms with Gasteiger partial charge in [-0.25, -0.2) is 4.99 Å².